The predicted octanol–water partition coefficient (Wildman–Crippen LogP) is 3.54. The van der Waals surface area contributed by atoms with Crippen LogP contribution >= 0.6 is 35.3 Å². The van der Waals surface area contributed by atoms with E-state index in [1.54, 1.807) is 11.3 Å². The molecule has 3 nitrogen and oxygen atoms in total. The lowest BCUT2D eigenvalue weighted by atomic mass is 10.0. The zero-order valence-electron chi connectivity index (χ0n) is 12.0. The van der Waals surface area contributed by atoms with Crippen LogP contribution in [0.3, 0.4) is 0 Å². The van der Waals surface area contributed by atoms with Crippen LogP contribution in [0.5, 0.6) is 0 Å². The summed E-state index contributed by atoms with van der Waals surface area (Å²) in [4.78, 5) is 15.7. The van der Waals surface area contributed by atoms with Crippen LogP contribution in [0.15, 0.2) is 41.8 Å². The summed E-state index contributed by atoms with van der Waals surface area (Å²) < 4.78 is 0. The number of hydrogen-bond donors (Lipinski definition) is 1. The Bertz CT molecular complexity index is 618. The summed E-state index contributed by atoms with van der Waals surface area (Å²) >= 11 is 7.71. The normalized spacial score (nSPS) is 17.9. The summed E-state index contributed by atoms with van der Waals surface area (Å²) in [6.45, 7) is 2.35. The molecule has 6 heteroatoms. The summed E-state index contributed by atoms with van der Waals surface area (Å²) in [6, 6.07) is 11.8. The SMILES string of the molecule is Cl.O=C(Cc1cccs1)N1CCNCC1c1cccc(Cl)c1. The summed E-state index contributed by atoms with van der Waals surface area (Å²) in [5, 5.41) is 6.08. The van der Waals surface area contributed by atoms with E-state index in [0.717, 1.165) is 30.1 Å². The van der Waals surface area contributed by atoms with Gasteiger partial charge >= 0.3 is 0 Å². The molecule has 1 aliphatic heterocycles. The van der Waals surface area contributed by atoms with Gasteiger partial charge in [0.05, 0.1) is 12.5 Å². The van der Waals surface area contributed by atoms with Crippen LogP contribution < -0.4 is 5.32 Å². The highest BCUT2D eigenvalue weighted by atomic mass is 35.5. The highest BCUT2D eigenvalue weighted by Gasteiger charge is 2.27. The highest BCUT2D eigenvalue weighted by Crippen LogP contribution is 2.25. The van der Waals surface area contributed by atoms with Gasteiger partial charge in [-0.15, -0.1) is 23.7 Å². The quantitative estimate of drug-likeness (QED) is 0.911. The number of benzene rings is 1. The van der Waals surface area contributed by atoms with Gasteiger partial charge in [-0.2, -0.15) is 0 Å². The summed E-state index contributed by atoms with van der Waals surface area (Å²) in [7, 11) is 0. The third-order valence-electron chi connectivity index (χ3n) is 3.70. The van der Waals surface area contributed by atoms with Crippen molar-refractivity contribution in [2.24, 2.45) is 0 Å². The lowest BCUT2D eigenvalue weighted by molar-refractivity contribution is -0.133. The van der Waals surface area contributed by atoms with Crippen LogP contribution in [-0.2, 0) is 11.2 Å². The Morgan fingerprint density at radius 2 is 2.23 bits per heavy atom. The minimum Gasteiger partial charge on any atom is -0.333 e. The lowest BCUT2D eigenvalue weighted by Gasteiger charge is -2.36. The van der Waals surface area contributed by atoms with Crippen molar-refractivity contribution in [3.63, 3.8) is 0 Å². The third-order valence-corrected chi connectivity index (χ3v) is 4.81. The van der Waals surface area contributed by atoms with E-state index in [2.05, 4.69) is 5.32 Å². The van der Waals surface area contributed by atoms with Gasteiger partial charge in [0.15, 0.2) is 0 Å². The van der Waals surface area contributed by atoms with Crippen molar-refractivity contribution >= 4 is 41.3 Å². The average Bonchev–Trinajstić information content (AvgIpc) is 3.00. The van der Waals surface area contributed by atoms with Crippen LogP contribution in [-0.4, -0.2) is 30.4 Å². The molecule has 2 aromatic rings. The molecule has 1 unspecified atom stereocenters. The minimum atomic E-state index is 0. The van der Waals surface area contributed by atoms with Crippen molar-refractivity contribution in [2.75, 3.05) is 19.6 Å². The average molecular weight is 357 g/mol. The molecule has 22 heavy (non-hydrogen) atoms. The van der Waals surface area contributed by atoms with E-state index in [9.17, 15) is 4.79 Å². The number of carbonyl (C=O) groups is 1. The second-order valence-electron chi connectivity index (χ2n) is 5.12. The Hall–Kier alpha value is -1.07. The molecule has 0 aliphatic carbocycles. The number of halogens is 2. The van der Waals surface area contributed by atoms with E-state index < -0.39 is 0 Å². The Morgan fingerprint density at radius 1 is 1.36 bits per heavy atom. The zero-order valence-corrected chi connectivity index (χ0v) is 14.4. The van der Waals surface area contributed by atoms with E-state index in [1.807, 2.05) is 46.7 Å². The number of piperazine rings is 1. The molecule has 1 aromatic carbocycles. The number of thiophene rings is 1. The number of amides is 1. The molecule has 0 saturated carbocycles. The Morgan fingerprint density at radius 3 is 2.95 bits per heavy atom. The summed E-state index contributed by atoms with van der Waals surface area (Å²) in [6.07, 6.45) is 0.481. The second kappa shape index (κ2) is 7.97. The van der Waals surface area contributed by atoms with Gasteiger partial charge < -0.3 is 10.2 Å². The summed E-state index contributed by atoms with van der Waals surface area (Å²) in [5.74, 6) is 0.184. The zero-order chi connectivity index (χ0) is 14.7. The Balaban J connectivity index is 0.00000176. The first kappa shape index (κ1) is 17.3. The minimum absolute atomic E-state index is 0. The number of nitrogens with zero attached hydrogens (tertiary/aromatic N) is 1. The van der Waals surface area contributed by atoms with Crippen molar-refractivity contribution < 1.29 is 4.79 Å². The van der Waals surface area contributed by atoms with Crippen LogP contribution in [0.4, 0.5) is 0 Å². The van der Waals surface area contributed by atoms with E-state index >= 15 is 0 Å². The number of carbonyl (C=O) groups excluding carboxylic acids is 1. The first-order valence-corrected chi connectivity index (χ1v) is 8.28. The molecule has 1 aromatic heterocycles. The fraction of sp³-hybridized carbons (Fsp3) is 0.312. The Kier molecular flexibility index (Phi) is 6.26. The largest absolute Gasteiger partial charge is 0.333 e. The van der Waals surface area contributed by atoms with Crippen LogP contribution in [0, 0.1) is 0 Å². The van der Waals surface area contributed by atoms with Crippen molar-refractivity contribution in [1.82, 2.24) is 10.2 Å². The van der Waals surface area contributed by atoms with Crippen molar-refractivity contribution in [3.05, 3.63) is 57.2 Å². The lowest BCUT2D eigenvalue weighted by Crippen LogP contribution is -2.49. The molecule has 2 heterocycles. The van der Waals surface area contributed by atoms with E-state index in [1.165, 1.54) is 0 Å². The molecular weight excluding hydrogens is 339 g/mol. The third kappa shape index (κ3) is 4.02. The van der Waals surface area contributed by atoms with Crippen molar-refractivity contribution in [2.45, 2.75) is 12.5 Å². The fourth-order valence-corrected chi connectivity index (χ4v) is 3.57. The maximum absolute atomic E-state index is 12.6. The molecule has 1 fully saturated rings. The van der Waals surface area contributed by atoms with Gasteiger partial charge in [0.25, 0.3) is 0 Å². The van der Waals surface area contributed by atoms with Gasteiger partial charge in [-0.3, -0.25) is 4.79 Å². The molecule has 1 N–H and O–H groups in total. The van der Waals surface area contributed by atoms with Gasteiger partial charge in [0, 0.05) is 29.5 Å². The highest BCUT2D eigenvalue weighted by molar-refractivity contribution is 7.10. The van der Waals surface area contributed by atoms with Gasteiger partial charge in [-0.1, -0.05) is 29.8 Å². The van der Waals surface area contributed by atoms with Gasteiger partial charge in [-0.25, -0.2) is 0 Å². The molecule has 1 saturated heterocycles. The van der Waals surface area contributed by atoms with Gasteiger partial charge in [-0.05, 0) is 29.1 Å². The molecular formula is C16H18Cl2N2OS. The molecule has 1 atom stereocenters. The van der Waals surface area contributed by atoms with Crippen molar-refractivity contribution in [3.8, 4) is 0 Å². The summed E-state index contributed by atoms with van der Waals surface area (Å²) in [5.41, 5.74) is 1.09. The topological polar surface area (TPSA) is 32.3 Å². The first-order valence-electron chi connectivity index (χ1n) is 7.02. The number of nitrogens with one attached hydrogen (secondary N) is 1. The molecule has 0 radical (unpaired) electrons. The number of rotatable bonds is 3. The molecule has 0 spiro atoms. The predicted molar refractivity (Wildman–Crippen MR) is 94.0 cm³/mol. The fourth-order valence-electron chi connectivity index (χ4n) is 2.68. The van der Waals surface area contributed by atoms with E-state index in [0.29, 0.717) is 11.4 Å². The van der Waals surface area contributed by atoms with Gasteiger partial charge in [0.2, 0.25) is 5.91 Å². The van der Waals surface area contributed by atoms with Crippen molar-refractivity contribution in [1.29, 1.82) is 0 Å². The molecule has 118 valence electrons. The van der Waals surface area contributed by atoms with E-state index in [-0.39, 0.29) is 24.4 Å². The van der Waals surface area contributed by atoms with Crippen LogP contribution in [0.2, 0.25) is 5.02 Å². The monoisotopic (exact) mass is 356 g/mol. The van der Waals surface area contributed by atoms with Crippen LogP contribution in [0.1, 0.15) is 16.5 Å². The van der Waals surface area contributed by atoms with Crippen LogP contribution in [0.25, 0.3) is 0 Å². The smallest absolute Gasteiger partial charge is 0.228 e. The Labute approximate surface area is 145 Å². The molecule has 3 rings (SSSR count). The van der Waals surface area contributed by atoms with E-state index in [4.69, 9.17) is 11.6 Å². The molecule has 1 amide bonds. The second-order valence-corrected chi connectivity index (χ2v) is 6.59. The standard InChI is InChI=1S/C16H17ClN2OS.ClH/c17-13-4-1-3-12(9-13)15-11-18-6-7-19(15)16(20)10-14-5-2-8-21-14;/h1-5,8-9,15,18H,6-7,10-11H2;1H. The maximum Gasteiger partial charge on any atom is 0.228 e. The number of hydrogen-bond acceptors (Lipinski definition) is 3. The van der Waals surface area contributed by atoms with Gasteiger partial charge in [0.1, 0.15) is 0 Å². The first-order chi connectivity index (χ1) is 10.2. The molecule has 0 bridgehead atoms. The molecule has 1 aliphatic rings. The maximum atomic E-state index is 12.6.